The number of anilines is 1. The van der Waals surface area contributed by atoms with Crippen LogP contribution in [0, 0.1) is 13.7 Å². The van der Waals surface area contributed by atoms with Crippen molar-refractivity contribution in [2.45, 2.75) is 39.2 Å². The summed E-state index contributed by atoms with van der Waals surface area (Å²) < 4.78 is 0.657. The number of nitro benzene ring substituents is 1. The lowest BCUT2D eigenvalue weighted by molar-refractivity contribution is -0.385. The van der Waals surface area contributed by atoms with Crippen LogP contribution in [-0.2, 0) is 0 Å². The van der Waals surface area contributed by atoms with Crippen LogP contribution < -0.4 is 5.32 Å². The van der Waals surface area contributed by atoms with Crippen molar-refractivity contribution >= 4 is 34.0 Å². The van der Waals surface area contributed by atoms with Crippen molar-refractivity contribution in [2.75, 3.05) is 5.32 Å². The molecule has 0 saturated heterocycles. The minimum Gasteiger partial charge on any atom is -0.380 e. The molecule has 0 atom stereocenters. The van der Waals surface area contributed by atoms with Gasteiger partial charge in [0.2, 0.25) is 0 Å². The summed E-state index contributed by atoms with van der Waals surface area (Å²) in [5.74, 6) is 0. The summed E-state index contributed by atoms with van der Waals surface area (Å²) in [6.07, 6.45) is 2.16. The maximum Gasteiger partial charge on any atom is 0.282 e. The van der Waals surface area contributed by atoms with E-state index >= 15 is 0 Å². The molecule has 1 N–H and O–H groups in total. The maximum atomic E-state index is 10.7. The van der Waals surface area contributed by atoms with Gasteiger partial charge < -0.3 is 5.32 Å². The van der Waals surface area contributed by atoms with Crippen LogP contribution >= 0.6 is 22.6 Å². The van der Waals surface area contributed by atoms with E-state index in [1.165, 1.54) is 0 Å². The molecule has 0 radical (unpaired) electrons. The molecule has 0 bridgehead atoms. The first kappa shape index (κ1) is 14.2. The number of rotatable bonds is 5. The molecule has 0 aliphatic carbocycles. The molecule has 17 heavy (non-hydrogen) atoms. The molecule has 1 aromatic rings. The van der Waals surface area contributed by atoms with E-state index in [1.807, 2.05) is 28.7 Å². The molecule has 1 aromatic carbocycles. The number of benzene rings is 1. The van der Waals surface area contributed by atoms with Gasteiger partial charge in [-0.3, -0.25) is 10.1 Å². The summed E-state index contributed by atoms with van der Waals surface area (Å²) in [4.78, 5) is 10.3. The lowest BCUT2D eigenvalue weighted by Crippen LogP contribution is -2.30. The molecule has 0 aliphatic heterocycles. The Balaban J connectivity index is 2.88. The smallest absolute Gasteiger partial charge is 0.282 e. The highest BCUT2D eigenvalue weighted by Crippen LogP contribution is 2.26. The van der Waals surface area contributed by atoms with Crippen molar-refractivity contribution in [1.82, 2.24) is 0 Å². The number of hydrogen-bond acceptors (Lipinski definition) is 3. The van der Waals surface area contributed by atoms with Crippen molar-refractivity contribution in [2.24, 2.45) is 0 Å². The van der Waals surface area contributed by atoms with E-state index in [0.29, 0.717) is 3.57 Å². The van der Waals surface area contributed by atoms with E-state index in [0.717, 1.165) is 18.5 Å². The van der Waals surface area contributed by atoms with E-state index in [9.17, 15) is 10.1 Å². The zero-order valence-corrected chi connectivity index (χ0v) is 12.4. The highest BCUT2D eigenvalue weighted by atomic mass is 127. The lowest BCUT2D eigenvalue weighted by Gasteiger charge is -2.27. The van der Waals surface area contributed by atoms with Gasteiger partial charge >= 0.3 is 0 Å². The summed E-state index contributed by atoms with van der Waals surface area (Å²) in [5, 5.41) is 14.1. The van der Waals surface area contributed by atoms with Crippen LogP contribution in [0.25, 0.3) is 0 Å². The standard InChI is InChI=1S/C12H17IN2O2/c1-4-7-12(2,3)14-9-5-6-11(15(16)17)10(13)8-9/h5-6,8,14H,4,7H2,1-3H3. The minimum atomic E-state index is -0.358. The van der Waals surface area contributed by atoms with Crippen LogP contribution in [-0.4, -0.2) is 10.5 Å². The van der Waals surface area contributed by atoms with Crippen molar-refractivity contribution < 1.29 is 4.92 Å². The van der Waals surface area contributed by atoms with Crippen molar-refractivity contribution in [3.8, 4) is 0 Å². The van der Waals surface area contributed by atoms with Crippen molar-refractivity contribution in [1.29, 1.82) is 0 Å². The summed E-state index contributed by atoms with van der Waals surface area (Å²) >= 11 is 1.99. The van der Waals surface area contributed by atoms with Gasteiger partial charge in [-0.25, -0.2) is 0 Å². The highest BCUT2D eigenvalue weighted by Gasteiger charge is 2.18. The number of halogens is 1. The molecule has 1 rings (SSSR count). The highest BCUT2D eigenvalue weighted by molar-refractivity contribution is 14.1. The Labute approximate surface area is 115 Å². The molecule has 0 fully saturated rings. The normalized spacial score (nSPS) is 11.3. The van der Waals surface area contributed by atoms with Crippen LogP contribution in [0.15, 0.2) is 18.2 Å². The van der Waals surface area contributed by atoms with Crippen molar-refractivity contribution in [3.05, 3.63) is 31.9 Å². The van der Waals surface area contributed by atoms with Crippen LogP contribution in [0.1, 0.15) is 33.6 Å². The van der Waals surface area contributed by atoms with Gasteiger partial charge in [0.1, 0.15) is 0 Å². The van der Waals surface area contributed by atoms with E-state index in [1.54, 1.807) is 12.1 Å². The molecule has 0 aromatic heterocycles. The largest absolute Gasteiger partial charge is 0.380 e. The van der Waals surface area contributed by atoms with Gasteiger partial charge in [-0.2, -0.15) is 0 Å². The molecule has 0 amide bonds. The summed E-state index contributed by atoms with van der Waals surface area (Å²) in [7, 11) is 0. The van der Waals surface area contributed by atoms with Gasteiger partial charge in [0.05, 0.1) is 8.49 Å². The molecule has 0 aliphatic rings. The monoisotopic (exact) mass is 348 g/mol. The quantitative estimate of drug-likeness (QED) is 0.493. The Morgan fingerprint density at radius 2 is 2.12 bits per heavy atom. The van der Waals surface area contributed by atoms with Gasteiger partial charge in [-0.1, -0.05) is 13.3 Å². The second kappa shape index (κ2) is 5.66. The number of hydrogen-bond donors (Lipinski definition) is 1. The van der Waals surface area contributed by atoms with Gasteiger partial charge in [-0.15, -0.1) is 0 Å². The first-order valence-electron chi connectivity index (χ1n) is 5.58. The van der Waals surface area contributed by atoms with Crippen LogP contribution in [0.5, 0.6) is 0 Å². The Kier molecular flexibility index (Phi) is 4.73. The van der Waals surface area contributed by atoms with Crippen LogP contribution in [0.2, 0.25) is 0 Å². The number of nitrogens with one attached hydrogen (secondary N) is 1. The van der Waals surface area contributed by atoms with Gasteiger partial charge in [0, 0.05) is 17.3 Å². The van der Waals surface area contributed by atoms with Gasteiger partial charge in [0.15, 0.2) is 0 Å². The first-order chi connectivity index (χ1) is 7.85. The third-order valence-electron chi connectivity index (χ3n) is 2.50. The predicted octanol–water partition coefficient (Wildman–Crippen LogP) is 4.19. The van der Waals surface area contributed by atoms with E-state index in [4.69, 9.17) is 0 Å². The fourth-order valence-electron chi connectivity index (χ4n) is 1.81. The summed E-state index contributed by atoms with van der Waals surface area (Å²) in [5.41, 5.74) is 1.09. The molecule has 0 unspecified atom stereocenters. The Morgan fingerprint density at radius 3 is 2.59 bits per heavy atom. The number of nitro groups is 1. The SMILES string of the molecule is CCCC(C)(C)Nc1ccc([N+](=O)[O-])c(I)c1. The topological polar surface area (TPSA) is 55.2 Å². The van der Waals surface area contributed by atoms with E-state index < -0.39 is 0 Å². The Bertz CT molecular complexity index is 419. The fourth-order valence-corrected chi connectivity index (χ4v) is 2.52. The molecular weight excluding hydrogens is 331 g/mol. The second-order valence-corrected chi connectivity index (χ2v) is 5.84. The Morgan fingerprint density at radius 1 is 1.47 bits per heavy atom. The van der Waals surface area contributed by atoms with E-state index in [-0.39, 0.29) is 16.1 Å². The Hall–Kier alpha value is -0.850. The summed E-state index contributed by atoms with van der Waals surface area (Å²) in [6.45, 7) is 6.40. The minimum absolute atomic E-state index is 0.00790. The lowest BCUT2D eigenvalue weighted by atomic mass is 9.98. The third-order valence-corrected chi connectivity index (χ3v) is 3.37. The third kappa shape index (κ3) is 4.14. The molecule has 5 heteroatoms. The zero-order valence-electron chi connectivity index (χ0n) is 10.3. The maximum absolute atomic E-state index is 10.7. The van der Waals surface area contributed by atoms with Crippen molar-refractivity contribution in [3.63, 3.8) is 0 Å². The van der Waals surface area contributed by atoms with Crippen LogP contribution in [0.4, 0.5) is 11.4 Å². The molecule has 0 saturated carbocycles. The first-order valence-corrected chi connectivity index (χ1v) is 6.66. The summed E-state index contributed by atoms with van der Waals surface area (Å²) in [6, 6.07) is 5.12. The average Bonchev–Trinajstić information content (AvgIpc) is 2.15. The molecule has 0 heterocycles. The molecule has 94 valence electrons. The van der Waals surface area contributed by atoms with Gasteiger partial charge in [0.25, 0.3) is 5.69 Å². The fraction of sp³-hybridized carbons (Fsp3) is 0.500. The van der Waals surface area contributed by atoms with E-state index in [2.05, 4.69) is 26.1 Å². The zero-order chi connectivity index (χ0) is 13.1. The molecular formula is C12H17IN2O2. The second-order valence-electron chi connectivity index (χ2n) is 4.68. The average molecular weight is 348 g/mol. The molecule has 0 spiro atoms. The predicted molar refractivity (Wildman–Crippen MR) is 78.4 cm³/mol. The van der Waals surface area contributed by atoms with Gasteiger partial charge in [-0.05, 0) is 55.0 Å². The molecule has 4 nitrogen and oxygen atoms in total. The number of nitrogens with zero attached hydrogens (tertiary/aromatic N) is 1. The van der Waals surface area contributed by atoms with Crippen LogP contribution in [0.3, 0.4) is 0 Å².